The van der Waals surface area contributed by atoms with E-state index in [0.29, 0.717) is 19.4 Å². The van der Waals surface area contributed by atoms with Crippen LogP contribution in [0.2, 0.25) is 0 Å². The molecule has 0 aromatic rings. The van der Waals surface area contributed by atoms with E-state index in [9.17, 15) is 9.59 Å². The fourth-order valence-corrected chi connectivity index (χ4v) is 3.23. The third kappa shape index (κ3) is 2.71. The van der Waals surface area contributed by atoms with Crippen LogP contribution in [0.4, 0.5) is 0 Å². The zero-order valence-corrected chi connectivity index (χ0v) is 11.1. The van der Waals surface area contributed by atoms with Crippen LogP contribution in [0.15, 0.2) is 0 Å². The second kappa shape index (κ2) is 5.57. The normalized spacial score (nSPS) is 29.2. The number of carboxylic acid groups (broad SMARTS) is 1. The summed E-state index contributed by atoms with van der Waals surface area (Å²) in [6.07, 6.45) is 2.85. The van der Waals surface area contributed by atoms with E-state index in [-0.39, 0.29) is 30.5 Å². The third-order valence-corrected chi connectivity index (χ3v) is 4.30. The average Bonchev–Trinajstić information content (AvgIpc) is 2.93. The van der Waals surface area contributed by atoms with Crippen LogP contribution in [-0.2, 0) is 9.59 Å². The molecule has 2 heterocycles. The molecule has 0 aromatic heterocycles. The van der Waals surface area contributed by atoms with Crippen LogP contribution >= 0.6 is 0 Å². The van der Waals surface area contributed by atoms with Gasteiger partial charge in [-0.05, 0) is 19.3 Å². The van der Waals surface area contributed by atoms with Crippen LogP contribution in [0.3, 0.4) is 0 Å². The maximum Gasteiger partial charge on any atom is 0.308 e. The number of likely N-dealkylation sites (N-methyl/N-ethyl adjacent to an activating group) is 1. The number of hydrogen-bond acceptors (Lipinski definition) is 4. The Hall–Kier alpha value is -1.61. The molecule has 3 unspecified atom stereocenters. The molecular formula is C13H19N3O3. The van der Waals surface area contributed by atoms with E-state index in [2.05, 4.69) is 0 Å². The monoisotopic (exact) mass is 265 g/mol. The number of amides is 1. The van der Waals surface area contributed by atoms with Crippen LogP contribution in [0.5, 0.6) is 0 Å². The first-order chi connectivity index (χ1) is 9.04. The highest BCUT2D eigenvalue weighted by Crippen LogP contribution is 2.41. The van der Waals surface area contributed by atoms with E-state index >= 15 is 0 Å². The number of hydrogen-bond donors (Lipinski definition) is 1. The maximum atomic E-state index is 12.0. The van der Waals surface area contributed by atoms with Gasteiger partial charge in [0.1, 0.15) is 0 Å². The first-order valence-corrected chi connectivity index (χ1v) is 6.64. The van der Waals surface area contributed by atoms with Gasteiger partial charge in [0, 0.05) is 25.7 Å². The van der Waals surface area contributed by atoms with Crippen molar-refractivity contribution in [2.75, 3.05) is 20.1 Å². The van der Waals surface area contributed by atoms with Gasteiger partial charge < -0.3 is 10.0 Å². The summed E-state index contributed by atoms with van der Waals surface area (Å²) in [5.41, 5.74) is 0. The Morgan fingerprint density at radius 3 is 2.79 bits per heavy atom. The van der Waals surface area contributed by atoms with E-state index in [1.807, 2.05) is 11.0 Å². The standard InChI is InChI=1S/C13H19N3O3/c1-15(6-2-5-14)12(17)8-16-9-3-4-11(16)10(7-9)13(18)19/h9-11H,2-4,6-8H2,1H3,(H,18,19). The summed E-state index contributed by atoms with van der Waals surface area (Å²) in [4.78, 5) is 26.8. The Balaban J connectivity index is 1.92. The Bertz CT molecular complexity index is 418. The van der Waals surface area contributed by atoms with Crippen LogP contribution < -0.4 is 0 Å². The predicted molar refractivity (Wildman–Crippen MR) is 67.1 cm³/mol. The highest BCUT2D eigenvalue weighted by atomic mass is 16.4. The lowest BCUT2D eigenvalue weighted by Crippen LogP contribution is -2.42. The van der Waals surface area contributed by atoms with Crippen LogP contribution in [0.25, 0.3) is 0 Å². The Morgan fingerprint density at radius 2 is 2.21 bits per heavy atom. The van der Waals surface area contributed by atoms with Gasteiger partial charge in [-0.25, -0.2) is 0 Å². The smallest absolute Gasteiger partial charge is 0.308 e. The molecule has 0 radical (unpaired) electrons. The van der Waals surface area contributed by atoms with Crippen molar-refractivity contribution in [2.24, 2.45) is 5.92 Å². The van der Waals surface area contributed by atoms with Crippen molar-refractivity contribution in [2.45, 2.75) is 37.8 Å². The molecule has 6 heteroatoms. The minimum absolute atomic E-state index is 0.0100. The van der Waals surface area contributed by atoms with E-state index in [1.165, 1.54) is 0 Å². The van der Waals surface area contributed by atoms with Gasteiger partial charge >= 0.3 is 5.97 Å². The van der Waals surface area contributed by atoms with Gasteiger partial charge in [-0.3, -0.25) is 14.5 Å². The lowest BCUT2D eigenvalue weighted by atomic mass is 9.89. The molecule has 0 aromatic carbocycles. The Labute approximate surface area is 112 Å². The molecule has 3 atom stereocenters. The van der Waals surface area contributed by atoms with E-state index in [1.54, 1.807) is 11.9 Å². The van der Waals surface area contributed by atoms with Gasteiger partial charge in [0.25, 0.3) is 0 Å². The molecule has 2 aliphatic heterocycles. The van der Waals surface area contributed by atoms with Crippen molar-refractivity contribution in [3.05, 3.63) is 0 Å². The fourth-order valence-electron chi connectivity index (χ4n) is 3.23. The van der Waals surface area contributed by atoms with Gasteiger partial charge in [-0.15, -0.1) is 0 Å². The van der Waals surface area contributed by atoms with Crippen molar-refractivity contribution in [3.63, 3.8) is 0 Å². The van der Waals surface area contributed by atoms with Crippen LogP contribution in [-0.4, -0.2) is 59.0 Å². The SMILES string of the molecule is CN(CCC#N)C(=O)CN1C2CCC1C(C(=O)O)C2. The molecule has 2 bridgehead atoms. The van der Waals surface area contributed by atoms with Crippen molar-refractivity contribution >= 4 is 11.9 Å². The number of aliphatic carboxylic acids is 1. The van der Waals surface area contributed by atoms with Crippen LogP contribution in [0, 0.1) is 17.2 Å². The summed E-state index contributed by atoms with van der Waals surface area (Å²) >= 11 is 0. The highest BCUT2D eigenvalue weighted by Gasteiger charge is 2.49. The summed E-state index contributed by atoms with van der Waals surface area (Å²) in [7, 11) is 1.69. The second-order valence-electron chi connectivity index (χ2n) is 5.37. The summed E-state index contributed by atoms with van der Waals surface area (Å²) < 4.78 is 0. The summed E-state index contributed by atoms with van der Waals surface area (Å²) in [6, 6.07) is 2.26. The number of carboxylic acids is 1. The molecule has 2 fully saturated rings. The van der Waals surface area contributed by atoms with Crippen LogP contribution in [0.1, 0.15) is 25.7 Å². The van der Waals surface area contributed by atoms with Gasteiger partial charge in [0.15, 0.2) is 0 Å². The third-order valence-electron chi connectivity index (χ3n) is 4.30. The number of nitriles is 1. The quantitative estimate of drug-likeness (QED) is 0.772. The summed E-state index contributed by atoms with van der Waals surface area (Å²) in [5, 5.41) is 17.7. The second-order valence-corrected chi connectivity index (χ2v) is 5.37. The van der Waals surface area contributed by atoms with E-state index < -0.39 is 5.97 Å². The molecule has 2 saturated heterocycles. The van der Waals surface area contributed by atoms with E-state index in [0.717, 1.165) is 12.8 Å². The molecule has 2 rings (SSSR count). The largest absolute Gasteiger partial charge is 0.481 e. The maximum absolute atomic E-state index is 12.0. The zero-order chi connectivity index (χ0) is 14.0. The topological polar surface area (TPSA) is 84.6 Å². The molecular weight excluding hydrogens is 246 g/mol. The summed E-state index contributed by atoms with van der Waals surface area (Å²) in [5.74, 6) is -1.10. The minimum Gasteiger partial charge on any atom is -0.481 e. The van der Waals surface area contributed by atoms with Crippen molar-refractivity contribution in [1.82, 2.24) is 9.80 Å². The molecule has 6 nitrogen and oxygen atoms in total. The average molecular weight is 265 g/mol. The first kappa shape index (κ1) is 13.8. The number of fused-ring (bicyclic) bond motifs is 2. The lowest BCUT2D eigenvalue weighted by molar-refractivity contribution is -0.143. The number of nitrogens with zero attached hydrogens (tertiary/aromatic N) is 3. The first-order valence-electron chi connectivity index (χ1n) is 6.64. The van der Waals surface area contributed by atoms with E-state index in [4.69, 9.17) is 10.4 Å². The van der Waals surface area contributed by atoms with Gasteiger partial charge in [0.05, 0.1) is 25.0 Å². The fraction of sp³-hybridized carbons (Fsp3) is 0.769. The Morgan fingerprint density at radius 1 is 1.47 bits per heavy atom. The number of carbonyl (C=O) groups excluding carboxylic acids is 1. The number of carbonyl (C=O) groups is 2. The Kier molecular flexibility index (Phi) is 4.05. The highest BCUT2D eigenvalue weighted by molar-refractivity contribution is 5.78. The molecule has 1 amide bonds. The molecule has 0 spiro atoms. The molecule has 0 saturated carbocycles. The lowest BCUT2D eigenvalue weighted by Gasteiger charge is -2.25. The predicted octanol–water partition coefficient (Wildman–Crippen LogP) is 0.296. The molecule has 2 aliphatic rings. The minimum atomic E-state index is -0.748. The zero-order valence-electron chi connectivity index (χ0n) is 11.1. The molecule has 1 N–H and O–H groups in total. The summed E-state index contributed by atoms with van der Waals surface area (Å²) in [6.45, 7) is 0.710. The van der Waals surface area contributed by atoms with Crippen molar-refractivity contribution < 1.29 is 14.7 Å². The van der Waals surface area contributed by atoms with Gasteiger partial charge in [0.2, 0.25) is 5.91 Å². The van der Waals surface area contributed by atoms with Crippen molar-refractivity contribution in [3.8, 4) is 6.07 Å². The van der Waals surface area contributed by atoms with Crippen molar-refractivity contribution in [1.29, 1.82) is 5.26 Å². The van der Waals surface area contributed by atoms with Gasteiger partial charge in [-0.1, -0.05) is 0 Å². The molecule has 104 valence electrons. The molecule has 0 aliphatic carbocycles. The number of rotatable bonds is 5. The molecule has 19 heavy (non-hydrogen) atoms. The van der Waals surface area contributed by atoms with Gasteiger partial charge in [-0.2, -0.15) is 5.26 Å².